The summed E-state index contributed by atoms with van der Waals surface area (Å²) in [6, 6.07) is 7.03. The number of aryl methyl sites for hydroxylation is 1. The summed E-state index contributed by atoms with van der Waals surface area (Å²) in [5.74, 6) is -0.114. The van der Waals surface area contributed by atoms with Gasteiger partial charge in [-0.25, -0.2) is 4.68 Å². The Labute approximate surface area is 151 Å². The first-order valence-electron chi connectivity index (χ1n) is 8.31. The number of nitrogens with one attached hydrogen (secondary N) is 3. The van der Waals surface area contributed by atoms with Crippen molar-refractivity contribution in [2.24, 2.45) is 0 Å². The molecule has 2 aromatic rings. The number of halogens is 1. The number of benzene rings is 1. The summed E-state index contributed by atoms with van der Waals surface area (Å²) in [6.07, 6.45) is 2.14. The second-order valence-corrected chi connectivity index (χ2v) is 6.25. The fourth-order valence-corrected chi connectivity index (χ4v) is 3.14. The number of aromatic nitrogens is 2. The molecule has 1 saturated heterocycles. The highest BCUT2D eigenvalue weighted by atomic mass is 35.5. The predicted molar refractivity (Wildman–Crippen MR) is 99.3 cm³/mol. The average molecular weight is 367 g/mol. The number of nitrogens with zero attached hydrogens (tertiary/aromatic N) is 1. The van der Waals surface area contributed by atoms with Gasteiger partial charge in [-0.15, -0.1) is 12.4 Å². The van der Waals surface area contributed by atoms with Crippen molar-refractivity contribution in [1.82, 2.24) is 20.4 Å². The lowest BCUT2D eigenvalue weighted by molar-refractivity contribution is -0.122. The molecule has 1 amide bonds. The number of rotatable bonds is 4. The molecule has 1 aromatic carbocycles. The van der Waals surface area contributed by atoms with Gasteiger partial charge in [-0.1, -0.05) is 12.1 Å². The van der Waals surface area contributed by atoms with Crippen molar-refractivity contribution in [2.45, 2.75) is 44.8 Å². The van der Waals surface area contributed by atoms with Crippen LogP contribution >= 0.6 is 12.4 Å². The van der Waals surface area contributed by atoms with Crippen LogP contribution < -0.4 is 21.8 Å². The number of hydrogen-bond donors (Lipinski definition) is 3. The van der Waals surface area contributed by atoms with Crippen molar-refractivity contribution in [2.75, 3.05) is 6.54 Å². The fourth-order valence-electron chi connectivity index (χ4n) is 3.14. The zero-order chi connectivity index (χ0) is 17.1. The summed E-state index contributed by atoms with van der Waals surface area (Å²) in [5.41, 5.74) is -0.610. The van der Waals surface area contributed by atoms with Crippen LogP contribution in [0.5, 0.6) is 0 Å². The third-order valence-electron chi connectivity index (χ3n) is 4.55. The number of carbonyl (C=O) groups is 1. The minimum atomic E-state index is -0.323. The Hall–Kier alpha value is -2.12. The van der Waals surface area contributed by atoms with Gasteiger partial charge in [-0.3, -0.25) is 19.5 Å². The molecule has 0 saturated carbocycles. The maximum atomic E-state index is 12.4. The minimum Gasteiger partial charge on any atom is -0.352 e. The van der Waals surface area contributed by atoms with Gasteiger partial charge in [0, 0.05) is 18.5 Å². The van der Waals surface area contributed by atoms with Crippen molar-refractivity contribution in [1.29, 1.82) is 0 Å². The summed E-state index contributed by atoms with van der Waals surface area (Å²) in [4.78, 5) is 36.6. The molecule has 0 spiro atoms. The molecule has 3 N–H and O–H groups in total. The minimum absolute atomic E-state index is 0. The van der Waals surface area contributed by atoms with Gasteiger partial charge < -0.3 is 10.6 Å². The molecule has 1 fully saturated rings. The largest absolute Gasteiger partial charge is 0.352 e. The summed E-state index contributed by atoms with van der Waals surface area (Å²) >= 11 is 0. The Bertz CT molecular complexity index is 861. The van der Waals surface area contributed by atoms with Crippen molar-refractivity contribution in [3.63, 3.8) is 0 Å². The van der Waals surface area contributed by atoms with E-state index in [2.05, 4.69) is 22.7 Å². The number of carbonyl (C=O) groups excluding carboxylic acids is 1. The molecule has 0 aliphatic carbocycles. The van der Waals surface area contributed by atoms with Crippen molar-refractivity contribution in [3.05, 3.63) is 45.0 Å². The van der Waals surface area contributed by atoms with E-state index in [0.29, 0.717) is 10.8 Å². The van der Waals surface area contributed by atoms with E-state index >= 15 is 0 Å². The average Bonchev–Trinajstić information content (AvgIpc) is 2.59. The van der Waals surface area contributed by atoms with Crippen molar-refractivity contribution >= 4 is 29.1 Å². The number of H-pyrrole nitrogens is 1. The van der Waals surface area contributed by atoms with Crippen LogP contribution in [0.25, 0.3) is 10.8 Å². The molecule has 1 aromatic heterocycles. The highest BCUT2D eigenvalue weighted by Crippen LogP contribution is 2.08. The van der Waals surface area contributed by atoms with Crippen LogP contribution in [0.2, 0.25) is 0 Å². The summed E-state index contributed by atoms with van der Waals surface area (Å²) in [5, 5.41) is 9.61. The normalized spacial score (nSPS) is 20.0. The van der Waals surface area contributed by atoms with E-state index in [-0.39, 0.29) is 54.5 Å². The molecule has 2 unspecified atom stereocenters. The molecular formula is C17H23ClN4O3. The lowest BCUT2D eigenvalue weighted by Gasteiger charge is -2.30. The van der Waals surface area contributed by atoms with Crippen LogP contribution in [0.4, 0.5) is 0 Å². The fraction of sp³-hybridized carbons (Fsp3) is 0.471. The Kier molecular flexibility index (Phi) is 6.39. The number of fused-ring (bicyclic) bond motifs is 1. The molecule has 1 aliphatic rings. The Balaban J connectivity index is 0.00000225. The van der Waals surface area contributed by atoms with Gasteiger partial charge in [0.15, 0.2) is 0 Å². The van der Waals surface area contributed by atoms with E-state index in [0.717, 1.165) is 19.4 Å². The number of aromatic amines is 1. The topological polar surface area (TPSA) is 96.0 Å². The van der Waals surface area contributed by atoms with E-state index in [1.165, 1.54) is 4.68 Å². The van der Waals surface area contributed by atoms with Gasteiger partial charge >= 0.3 is 0 Å². The van der Waals surface area contributed by atoms with Crippen molar-refractivity contribution < 1.29 is 4.79 Å². The first-order chi connectivity index (χ1) is 11.6. The summed E-state index contributed by atoms with van der Waals surface area (Å²) < 4.78 is 1.22. The van der Waals surface area contributed by atoms with Gasteiger partial charge in [0.05, 0.1) is 17.3 Å². The maximum absolute atomic E-state index is 12.4. The predicted octanol–water partition coefficient (Wildman–Crippen LogP) is 0.758. The second kappa shape index (κ2) is 8.31. The first-order valence-corrected chi connectivity index (χ1v) is 8.31. The smallest absolute Gasteiger partial charge is 0.273 e. The first kappa shape index (κ1) is 19.2. The van der Waals surface area contributed by atoms with E-state index in [1.54, 1.807) is 24.3 Å². The number of hydrogen-bond acceptors (Lipinski definition) is 4. The highest BCUT2D eigenvalue weighted by Gasteiger charge is 2.22. The second-order valence-electron chi connectivity index (χ2n) is 6.25. The lowest BCUT2D eigenvalue weighted by Crippen LogP contribution is -2.52. The van der Waals surface area contributed by atoms with Gasteiger partial charge in [0.1, 0.15) is 0 Å². The molecule has 1 aliphatic heterocycles. The molecule has 7 nitrogen and oxygen atoms in total. The molecule has 8 heteroatoms. The molecule has 2 atom stereocenters. The highest BCUT2D eigenvalue weighted by molar-refractivity contribution is 5.85. The third-order valence-corrected chi connectivity index (χ3v) is 4.55. The number of piperidine rings is 1. The quantitative estimate of drug-likeness (QED) is 0.744. The summed E-state index contributed by atoms with van der Waals surface area (Å²) in [7, 11) is 0. The van der Waals surface area contributed by atoms with Gasteiger partial charge in [0.25, 0.3) is 11.1 Å². The molecule has 0 bridgehead atoms. The van der Waals surface area contributed by atoms with Crippen molar-refractivity contribution in [3.8, 4) is 0 Å². The molecule has 0 radical (unpaired) electrons. The molecule has 3 rings (SSSR count). The molecular weight excluding hydrogens is 344 g/mol. The Morgan fingerprint density at radius 3 is 2.72 bits per heavy atom. The zero-order valence-electron chi connectivity index (χ0n) is 14.1. The van der Waals surface area contributed by atoms with E-state index in [1.807, 2.05) is 0 Å². The lowest BCUT2D eigenvalue weighted by atomic mass is 10.00. The Morgan fingerprint density at radius 1 is 1.28 bits per heavy atom. The van der Waals surface area contributed by atoms with Crippen LogP contribution in [-0.4, -0.2) is 34.3 Å². The van der Waals surface area contributed by atoms with E-state index in [9.17, 15) is 14.4 Å². The van der Waals surface area contributed by atoms with Gasteiger partial charge in [0.2, 0.25) is 5.91 Å². The van der Waals surface area contributed by atoms with Crippen LogP contribution in [0, 0.1) is 0 Å². The van der Waals surface area contributed by atoms with Crippen LogP contribution in [0.3, 0.4) is 0 Å². The van der Waals surface area contributed by atoms with E-state index in [4.69, 9.17) is 0 Å². The van der Waals surface area contributed by atoms with Crippen LogP contribution in [-0.2, 0) is 11.3 Å². The molecule has 136 valence electrons. The maximum Gasteiger partial charge on any atom is 0.273 e. The standard InChI is InChI=1S/C17H22N4O3.ClH/c1-11-14(7-4-9-18-11)19-15(22)8-10-21-17(24)13-6-3-2-5-12(13)16(23)20-21;/h2-3,5-6,11,14,18H,4,7-10H2,1H3,(H,19,22)(H,20,23);1H. The SMILES string of the molecule is CC1NCCCC1NC(=O)CCn1[nH]c(=O)c2ccccc2c1=O.Cl. The van der Waals surface area contributed by atoms with Gasteiger partial charge in [-0.05, 0) is 38.4 Å². The third kappa shape index (κ3) is 4.29. The molecule has 25 heavy (non-hydrogen) atoms. The van der Waals surface area contributed by atoms with Crippen LogP contribution in [0.15, 0.2) is 33.9 Å². The Morgan fingerprint density at radius 2 is 2.00 bits per heavy atom. The monoisotopic (exact) mass is 366 g/mol. The van der Waals surface area contributed by atoms with Gasteiger partial charge in [-0.2, -0.15) is 0 Å². The van der Waals surface area contributed by atoms with E-state index < -0.39 is 0 Å². The van der Waals surface area contributed by atoms with Crippen LogP contribution in [0.1, 0.15) is 26.2 Å². The number of amides is 1. The summed E-state index contributed by atoms with van der Waals surface area (Å²) in [6.45, 7) is 3.18. The zero-order valence-corrected chi connectivity index (χ0v) is 14.9. The molecule has 2 heterocycles.